The maximum atomic E-state index is 5.54. The second-order valence-corrected chi connectivity index (χ2v) is 4.70. The number of nitrogens with two attached hydrogens (primary N) is 1. The van der Waals surface area contributed by atoms with E-state index < -0.39 is 0 Å². The fraction of sp³-hybridized carbons (Fsp3) is 0.294. The van der Waals surface area contributed by atoms with E-state index in [1.54, 1.807) is 0 Å². The van der Waals surface area contributed by atoms with Crippen LogP contribution < -0.4 is 11.1 Å². The van der Waals surface area contributed by atoms with Gasteiger partial charge < -0.3 is 11.1 Å². The second-order valence-electron chi connectivity index (χ2n) is 4.70. The van der Waals surface area contributed by atoms with Crippen molar-refractivity contribution in [1.82, 2.24) is 5.32 Å². The Morgan fingerprint density at radius 2 is 1.32 bits per heavy atom. The first kappa shape index (κ1) is 13.8. The number of hydrogen-bond donors (Lipinski definition) is 2. The molecule has 2 heteroatoms. The Bertz CT molecular complexity index is 414. The molecule has 19 heavy (non-hydrogen) atoms. The molecule has 0 amide bonds. The SMILES string of the molecule is NCCCCNC(c1ccccc1)c1ccccc1. The predicted molar refractivity (Wildman–Crippen MR) is 81.0 cm³/mol. The first-order valence-electron chi connectivity index (χ1n) is 6.95. The van der Waals surface area contributed by atoms with Gasteiger partial charge in [0.2, 0.25) is 0 Å². The Kier molecular flexibility index (Phi) is 5.60. The lowest BCUT2D eigenvalue weighted by atomic mass is 9.98. The van der Waals surface area contributed by atoms with E-state index in [0.29, 0.717) is 0 Å². The average Bonchev–Trinajstić information content (AvgIpc) is 2.49. The van der Waals surface area contributed by atoms with Gasteiger partial charge in [-0.15, -0.1) is 0 Å². The molecule has 2 rings (SSSR count). The summed E-state index contributed by atoms with van der Waals surface area (Å²) in [5.74, 6) is 0. The van der Waals surface area contributed by atoms with Crippen LogP contribution in [-0.2, 0) is 0 Å². The van der Waals surface area contributed by atoms with Crippen LogP contribution in [0.2, 0.25) is 0 Å². The highest BCUT2D eigenvalue weighted by molar-refractivity contribution is 5.31. The minimum absolute atomic E-state index is 0.264. The summed E-state index contributed by atoms with van der Waals surface area (Å²) in [6, 6.07) is 21.4. The summed E-state index contributed by atoms with van der Waals surface area (Å²) in [4.78, 5) is 0. The highest BCUT2D eigenvalue weighted by Crippen LogP contribution is 2.21. The van der Waals surface area contributed by atoms with Crippen LogP contribution in [-0.4, -0.2) is 13.1 Å². The minimum Gasteiger partial charge on any atom is -0.330 e. The molecule has 0 radical (unpaired) electrons. The molecule has 0 spiro atoms. The van der Waals surface area contributed by atoms with E-state index in [0.717, 1.165) is 25.9 Å². The molecule has 3 N–H and O–H groups in total. The second kappa shape index (κ2) is 7.72. The van der Waals surface area contributed by atoms with Gasteiger partial charge in [0.05, 0.1) is 6.04 Å². The molecule has 0 saturated carbocycles. The van der Waals surface area contributed by atoms with E-state index in [1.165, 1.54) is 11.1 Å². The van der Waals surface area contributed by atoms with Crippen molar-refractivity contribution in [2.75, 3.05) is 13.1 Å². The Hall–Kier alpha value is -1.64. The van der Waals surface area contributed by atoms with Crippen LogP contribution in [0.3, 0.4) is 0 Å². The van der Waals surface area contributed by atoms with Crippen molar-refractivity contribution >= 4 is 0 Å². The first-order chi connectivity index (χ1) is 9.42. The van der Waals surface area contributed by atoms with Crippen LogP contribution in [0.4, 0.5) is 0 Å². The molecule has 0 unspecified atom stereocenters. The highest BCUT2D eigenvalue weighted by atomic mass is 14.9. The number of rotatable bonds is 7. The monoisotopic (exact) mass is 254 g/mol. The highest BCUT2D eigenvalue weighted by Gasteiger charge is 2.12. The third-order valence-electron chi connectivity index (χ3n) is 3.25. The summed E-state index contributed by atoms with van der Waals surface area (Å²) in [7, 11) is 0. The van der Waals surface area contributed by atoms with E-state index in [1.807, 2.05) is 0 Å². The average molecular weight is 254 g/mol. The topological polar surface area (TPSA) is 38.0 Å². The van der Waals surface area contributed by atoms with Crippen molar-refractivity contribution in [3.8, 4) is 0 Å². The molecule has 2 aromatic rings. The zero-order chi connectivity index (χ0) is 13.3. The van der Waals surface area contributed by atoms with Gasteiger partial charge in [0, 0.05) is 0 Å². The van der Waals surface area contributed by atoms with E-state index in [-0.39, 0.29) is 6.04 Å². The zero-order valence-corrected chi connectivity index (χ0v) is 11.3. The molecule has 0 fully saturated rings. The van der Waals surface area contributed by atoms with Gasteiger partial charge in [-0.2, -0.15) is 0 Å². The zero-order valence-electron chi connectivity index (χ0n) is 11.3. The van der Waals surface area contributed by atoms with Crippen molar-refractivity contribution in [3.05, 3.63) is 71.8 Å². The fourth-order valence-corrected chi connectivity index (χ4v) is 2.23. The smallest absolute Gasteiger partial charge is 0.0576 e. The molecular weight excluding hydrogens is 232 g/mol. The maximum absolute atomic E-state index is 5.54. The molecule has 0 aliphatic rings. The standard InChI is InChI=1S/C17H22N2/c18-13-7-8-14-19-17(15-9-3-1-4-10-15)16-11-5-2-6-12-16/h1-6,9-12,17,19H,7-8,13-14,18H2. The van der Waals surface area contributed by atoms with Crippen LogP contribution in [0, 0.1) is 0 Å². The first-order valence-corrected chi connectivity index (χ1v) is 6.95. The molecule has 2 aromatic carbocycles. The van der Waals surface area contributed by atoms with Crippen LogP contribution in [0.1, 0.15) is 30.0 Å². The summed E-state index contributed by atoms with van der Waals surface area (Å²) in [6.07, 6.45) is 2.19. The normalized spacial score (nSPS) is 10.8. The van der Waals surface area contributed by atoms with Crippen molar-refractivity contribution in [3.63, 3.8) is 0 Å². The van der Waals surface area contributed by atoms with Crippen LogP contribution in [0.5, 0.6) is 0 Å². The van der Waals surface area contributed by atoms with E-state index in [2.05, 4.69) is 66.0 Å². The molecule has 0 saturated heterocycles. The number of nitrogens with one attached hydrogen (secondary N) is 1. The van der Waals surface area contributed by atoms with Crippen LogP contribution in [0.25, 0.3) is 0 Å². The van der Waals surface area contributed by atoms with Gasteiger partial charge in [-0.3, -0.25) is 0 Å². The van der Waals surface area contributed by atoms with Crippen molar-refractivity contribution < 1.29 is 0 Å². The molecule has 0 heterocycles. The van der Waals surface area contributed by atoms with Gasteiger partial charge in [-0.1, -0.05) is 60.7 Å². The maximum Gasteiger partial charge on any atom is 0.0576 e. The summed E-state index contributed by atoms with van der Waals surface area (Å²) in [5, 5.41) is 3.63. The Morgan fingerprint density at radius 3 is 1.79 bits per heavy atom. The number of benzene rings is 2. The van der Waals surface area contributed by atoms with E-state index >= 15 is 0 Å². The Labute approximate surface area is 115 Å². The van der Waals surface area contributed by atoms with Gasteiger partial charge >= 0.3 is 0 Å². The lowest BCUT2D eigenvalue weighted by Gasteiger charge is -2.19. The van der Waals surface area contributed by atoms with E-state index in [9.17, 15) is 0 Å². The predicted octanol–water partition coefficient (Wildman–Crippen LogP) is 3.10. The Morgan fingerprint density at radius 1 is 0.789 bits per heavy atom. The van der Waals surface area contributed by atoms with Crippen LogP contribution >= 0.6 is 0 Å². The number of hydrogen-bond acceptors (Lipinski definition) is 2. The molecule has 0 bridgehead atoms. The lowest BCUT2D eigenvalue weighted by molar-refractivity contribution is 0.571. The largest absolute Gasteiger partial charge is 0.330 e. The van der Waals surface area contributed by atoms with E-state index in [4.69, 9.17) is 5.73 Å². The third kappa shape index (κ3) is 4.19. The molecule has 0 atom stereocenters. The van der Waals surface area contributed by atoms with Gasteiger partial charge in [0.25, 0.3) is 0 Å². The van der Waals surface area contributed by atoms with Gasteiger partial charge in [0.15, 0.2) is 0 Å². The number of unbranched alkanes of at least 4 members (excludes halogenated alkanes) is 1. The summed E-state index contributed by atoms with van der Waals surface area (Å²) in [5.41, 5.74) is 8.15. The molecular formula is C17H22N2. The summed E-state index contributed by atoms with van der Waals surface area (Å²) in [6.45, 7) is 1.76. The molecule has 0 aromatic heterocycles. The van der Waals surface area contributed by atoms with Gasteiger partial charge in [0.1, 0.15) is 0 Å². The van der Waals surface area contributed by atoms with Crippen molar-refractivity contribution in [2.45, 2.75) is 18.9 Å². The van der Waals surface area contributed by atoms with Crippen LogP contribution in [0.15, 0.2) is 60.7 Å². The van der Waals surface area contributed by atoms with Crippen molar-refractivity contribution in [1.29, 1.82) is 0 Å². The molecule has 0 aliphatic carbocycles. The van der Waals surface area contributed by atoms with Crippen molar-refractivity contribution in [2.24, 2.45) is 5.73 Å². The summed E-state index contributed by atoms with van der Waals surface area (Å²) < 4.78 is 0. The Balaban J connectivity index is 2.10. The third-order valence-corrected chi connectivity index (χ3v) is 3.25. The van der Waals surface area contributed by atoms with Gasteiger partial charge in [-0.25, -0.2) is 0 Å². The van der Waals surface area contributed by atoms with Gasteiger partial charge in [-0.05, 0) is 37.1 Å². The molecule has 2 nitrogen and oxygen atoms in total. The lowest BCUT2D eigenvalue weighted by Crippen LogP contribution is -2.24. The fourth-order valence-electron chi connectivity index (χ4n) is 2.23. The molecule has 0 aliphatic heterocycles. The quantitative estimate of drug-likeness (QED) is 0.745. The summed E-state index contributed by atoms with van der Waals surface area (Å²) >= 11 is 0. The molecule has 100 valence electrons. The minimum atomic E-state index is 0.264.